The van der Waals surface area contributed by atoms with Crippen molar-refractivity contribution < 1.29 is 43.3 Å². The zero-order chi connectivity index (χ0) is 23.8. The number of fused-ring (bicyclic) bond motifs is 1. The van der Waals surface area contributed by atoms with Crippen LogP contribution in [0.4, 0.5) is 5.69 Å². The Morgan fingerprint density at radius 1 is 1.31 bits per heavy atom. The summed E-state index contributed by atoms with van der Waals surface area (Å²) in [5.74, 6) is -4.63. The molecule has 0 aromatic heterocycles. The molecule has 0 aliphatic carbocycles. The van der Waals surface area contributed by atoms with Crippen molar-refractivity contribution in [3.8, 4) is 11.5 Å². The molecular formula is C20H22N2O9S. The smallest absolute Gasteiger partial charge is 0.343 e. The number of aliphatic carboxylic acids is 1. The lowest BCUT2D eigenvalue weighted by Crippen LogP contribution is -2.42. The normalized spacial score (nSPS) is 19.6. The minimum atomic E-state index is -1.26. The van der Waals surface area contributed by atoms with Crippen molar-refractivity contribution in [1.29, 1.82) is 0 Å². The van der Waals surface area contributed by atoms with Crippen LogP contribution in [-0.4, -0.2) is 64.7 Å². The molecule has 2 unspecified atom stereocenters. The number of ether oxygens (including phenoxy) is 3. The number of anilines is 1. The molecule has 1 aromatic carbocycles. The first-order valence-corrected chi connectivity index (χ1v) is 10.6. The molecule has 2 aliphatic rings. The number of carboxylic acids is 1. The van der Waals surface area contributed by atoms with Crippen molar-refractivity contribution in [2.75, 3.05) is 17.8 Å². The van der Waals surface area contributed by atoms with Gasteiger partial charge in [0.1, 0.15) is 11.6 Å². The van der Waals surface area contributed by atoms with Gasteiger partial charge in [-0.1, -0.05) is 0 Å². The number of nitrogens with zero attached hydrogens (tertiary/aromatic N) is 1. The Kier molecular flexibility index (Phi) is 6.35. The number of benzene rings is 1. The van der Waals surface area contributed by atoms with Crippen LogP contribution in [-0.2, 0) is 23.9 Å². The largest absolute Gasteiger partial charge is 0.480 e. The Hall–Kier alpha value is -3.28. The third-order valence-electron chi connectivity index (χ3n) is 4.68. The first-order valence-electron chi connectivity index (χ1n) is 9.57. The third kappa shape index (κ3) is 4.49. The highest BCUT2D eigenvalue weighted by molar-refractivity contribution is 8.00. The van der Waals surface area contributed by atoms with Crippen LogP contribution >= 0.6 is 11.8 Å². The lowest BCUT2D eigenvalue weighted by molar-refractivity contribution is -0.140. The number of methoxy groups -OCH3 is 1. The summed E-state index contributed by atoms with van der Waals surface area (Å²) in [4.78, 5) is 61.7. The van der Waals surface area contributed by atoms with Crippen molar-refractivity contribution in [2.24, 2.45) is 0 Å². The lowest BCUT2D eigenvalue weighted by atomic mass is 10.1. The van der Waals surface area contributed by atoms with E-state index >= 15 is 0 Å². The number of thioether (sulfide) groups is 1. The number of rotatable bonds is 7. The summed E-state index contributed by atoms with van der Waals surface area (Å²) in [5, 5.41) is 10.6. The molecule has 1 fully saturated rings. The van der Waals surface area contributed by atoms with Crippen molar-refractivity contribution in [1.82, 2.24) is 5.32 Å². The maximum Gasteiger partial charge on any atom is 0.343 e. The SMILES string of the molecule is COC(=O)c1c(N2C(=O)CC(SCC(NC(C)=O)C(=O)O)C2=O)ccc2c1OC(C)(C)O2. The van der Waals surface area contributed by atoms with Crippen LogP contribution in [0.5, 0.6) is 11.5 Å². The molecule has 1 saturated heterocycles. The van der Waals surface area contributed by atoms with Crippen molar-refractivity contribution in [3.63, 3.8) is 0 Å². The van der Waals surface area contributed by atoms with Gasteiger partial charge in [-0.05, 0) is 12.1 Å². The fourth-order valence-electron chi connectivity index (χ4n) is 3.37. The molecule has 2 N–H and O–H groups in total. The minimum Gasteiger partial charge on any atom is -0.480 e. The second kappa shape index (κ2) is 8.69. The van der Waals surface area contributed by atoms with Crippen LogP contribution in [0.15, 0.2) is 12.1 Å². The van der Waals surface area contributed by atoms with Gasteiger partial charge >= 0.3 is 11.9 Å². The molecule has 2 heterocycles. The second-order valence-electron chi connectivity index (χ2n) is 7.57. The van der Waals surface area contributed by atoms with Crippen molar-refractivity contribution in [3.05, 3.63) is 17.7 Å². The van der Waals surface area contributed by atoms with Gasteiger partial charge in [-0.25, -0.2) is 14.5 Å². The molecule has 12 heteroatoms. The van der Waals surface area contributed by atoms with Gasteiger partial charge in [-0.3, -0.25) is 14.4 Å². The Bertz CT molecular complexity index is 1010. The lowest BCUT2D eigenvalue weighted by Gasteiger charge is -2.20. The number of amides is 3. The molecule has 0 spiro atoms. The van der Waals surface area contributed by atoms with E-state index in [1.165, 1.54) is 19.1 Å². The van der Waals surface area contributed by atoms with E-state index in [0.29, 0.717) is 0 Å². The zero-order valence-electron chi connectivity index (χ0n) is 17.8. The van der Waals surface area contributed by atoms with Crippen LogP contribution in [0.3, 0.4) is 0 Å². The average molecular weight is 466 g/mol. The second-order valence-corrected chi connectivity index (χ2v) is 8.80. The van der Waals surface area contributed by atoms with Gasteiger partial charge in [0, 0.05) is 32.9 Å². The molecule has 3 amide bonds. The number of esters is 1. The fraction of sp³-hybridized carbons (Fsp3) is 0.450. The summed E-state index contributed by atoms with van der Waals surface area (Å²) in [7, 11) is 1.16. The highest BCUT2D eigenvalue weighted by Crippen LogP contribution is 2.47. The Morgan fingerprint density at radius 3 is 2.59 bits per heavy atom. The maximum atomic E-state index is 13.0. The van der Waals surface area contributed by atoms with E-state index in [2.05, 4.69) is 5.32 Å². The van der Waals surface area contributed by atoms with Gasteiger partial charge in [0.05, 0.1) is 18.0 Å². The highest BCUT2D eigenvalue weighted by Gasteiger charge is 2.45. The van der Waals surface area contributed by atoms with E-state index in [0.717, 1.165) is 23.8 Å². The van der Waals surface area contributed by atoms with E-state index in [1.807, 2.05) is 0 Å². The quantitative estimate of drug-likeness (QED) is 0.439. The highest BCUT2D eigenvalue weighted by atomic mass is 32.2. The Balaban J connectivity index is 1.89. The Labute approximate surface area is 187 Å². The predicted octanol–water partition coefficient (Wildman–Crippen LogP) is 0.935. The zero-order valence-corrected chi connectivity index (χ0v) is 18.6. The molecule has 1 aromatic rings. The van der Waals surface area contributed by atoms with Crippen molar-refractivity contribution in [2.45, 2.75) is 44.3 Å². The number of imide groups is 1. The maximum absolute atomic E-state index is 13.0. The number of hydrogen-bond acceptors (Lipinski definition) is 9. The summed E-state index contributed by atoms with van der Waals surface area (Å²) in [6, 6.07) is 1.67. The van der Waals surface area contributed by atoms with Gasteiger partial charge in [-0.2, -0.15) is 0 Å². The van der Waals surface area contributed by atoms with Gasteiger partial charge in [0.25, 0.3) is 0 Å². The molecule has 3 rings (SSSR count). The molecule has 2 aliphatic heterocycles. The molecule has 0 radical (unpaired) electrons. The number of carbonyl (C=O) groups is 5. The molecular weight excluding hydrogens is 444 g/mol. The Morgan fingerprint density at radius 2 is 2.00 bits per heavy atom. The van der Waals surface area contributed by atoms with E-state index < -0.39 is 46.7 Å². The van der Waals surface area contributed by atoms with E-state index in [-0.39, 0.29) is 34.9 Å². The molecule has 11 nitrogen and oxygen atoms in total. The third-order valence-corrected chi connectivity index (χ3v) is 5.97. The predicted molar refractivity (Wildman–Crippen MR) is 112 cm³/mol. The molecule has 0 saturated carbocycles. The van der Waals surface area contributed by atoms with Crippen LogP contribution in [0.25, 0.3) is 0 Å². The minimum absolute atomic E-state index is 0.00774. The van der Waals surface area contributed by atoms with Gasteiger partial charge < -0.3 is 24.6 Å². The van der Waals surface area contributed by atoms with Crippen LogP contribution in [0.2, 0.25) is 0 Å². The van der Waals surface area contributed by atoms with Gasteiger partial charge in [-0.15, -0.1) is 11.8 Å². The first kappa shape index (κ1) is 23.4. The monoisotopic (exact) mass is 466 g/mol. The number of carboxylic acid groups (broad SMARTS) is 1. The van der Waals surface area contributed by atoms with Gasteiger partial charge in [0.15, 0.2) is 11.5 Å². The topological polar surface area (TPSA) is 149 Å². The number of hydrogen-bond donors (Lipinski definition) is 2. The summed E-state index contributed by atoms with van der Waals surface area (Å²) >= 11 is 0.938. The van der Waals surface area contributed by atoms with Gasteiger partial charge in [0.2, 0.25) is 23.5 Å². The van der Waals surface area contributed by atoms with E-state index in [9.17, 15) is 29.1 Å². The molecule has 2 atom stereocenters. The van der Waals surface area contributed by atoms with E-state index in [4.69, 9.17) is 14.2 Å². The summed E-state index contributed by atoms with van der Waals surface area (Å²) in [6.45, 7) is 4.46. The molecule has 0 bridgehead atoms. The van der Waals surface area contributed by atoms with Crippen LogP contribution < -0.4 is 19.7 Å². The summed E-state index contributed by atoms with van der Waals surface area (Å²) in [5.41, 5.74) is -0.128. The number of carbonyl (C=O) groups excluding carboxylic acids is 4. The molecule has 172 valence electrons. The summed E-state index contributed by atoms with van der Waals surface area (Å²) in [6.07, 6.45) is -0.198. The van der Waals surface area contributed by atoms with Crippen LogP contribution in [0, 0.1) is 0 Å². The number of nitrogens with one attached hydrogen (secondary N) is 1. The molecule has 32 heavy (non-hydrogen) atoms. The average Bonchev–Trinajstić information content (AvgIpc) is 3.16. The van der Waals surface area contributed by atoms with E-state index in [1.54, 1.807) is 13.8 Å². The standard InChI is InChI=1S/C20H22N2O9S/c1-9(23)21-10(18(26)27)8-32-13-7-14(24)22(17(13)25)11-5-6-12-16(15(11)19(28)29-4)31-20(2,3)30-12/h5-6,10,13H,7-8H2,1-4H3,(H,21,23)(H,26,27). The fourth-order valence-corrected chi connectivity index (χ4v) is 4.53. The summed E-state index contributed by atoms with van der Waals surface area (Å²) < 4.78 is 16.2. The first-order chi connectivity index (χ1) is 14.9. The van der Waals surface area contributed by atoms with Crippen molar-refractivity contribution >= 4 is 47.1 Å². The van der Waals surface area contributed by atoms with Crippen LogP contribution in [0.1, 0.15) is 37.6 Å².